The molecule has 0 aliphatic carbocycles. The fourth-order valence-corrected chi connectivity index (χ4v) is 5.41. The molecule has 33 heavy (non-hydrogen) atoms. The fourth-order valence-electron chi connectivity index (χ4n) is 3.01. The molecule has 0 saturated heterocycles. The van der Waals surface area contributed by atoms with Crippen molar-refractivity contribution in [3.8, 4) is 0 Å². The Morgan fingerprint density at radius 2 is 1.39 bits per heavy atom. The molecule has 0 unspecified atom stereocenters. The zero-order valence-corrected chi connectivity index (χ0v) is 29.4. The van der Waals surface area contributed by atoms with Gasteiger partial charge >= 0.3 is 0 Å². The van der Waals surface area contributed by atoms with Gasteiger partial charge in [0.15, 0.2) is 16.6 Å². The van der Waals surface area contributed by atoms with Crippen LogP contribution in [-0.2, 0) is 41.6 Å². The molecule has 0 saturated carbocycles. The van der Waals surface area contributed by atoms with Gasteiger partial charge in [0.2, 0.25) is 0 Å². The molecule has 0 amide bonds. The van der Waals surface area contributed by atoms with Crippen LogP contribution in [0, 0.1) is 12.0 Å². The van der Waals surface area contributed by atoms with Gasteiger partial charge in [-0.1, -0.05) is 60.1 Å². The molecule has 0 heterocycles. The predicted molar refractivity (Wildman–Crippen MR) is 149 cm³/mol. The molecule has 1 radical (unpaired) electrons. The van der Waals surface area contributed by atoms with E-state index in [4.69, 9.17) is 8.85 Å². The first kappa shape index (κ1) is 35.8. The van der Waals surface area contributed by atoms with Crippen LogP contribution in [0.2, 0.25) is 36.3 Å². The molecule has 0 aliphatic heterocycles. The summed E-state index contributed by atoms with van der Waals surface area (Å²) in [6.07, 6.45) is 13.4. The van der Waals surface area contributed by atoms with E-state index in [1.807, 2.05) is 6.92 Å². The Bertz CT molecular complexity index is 650. The number of unbranched alkanes of at least 4 members (excludes halogenated alkanes) is 1. The van der Waals surface area contributed by atoms with E-state index in [1.54, 1.807) is 0 Å². The molecule has 2 atom stereocenters. The van der Waals surface area contributed by atoms with Crippen LogP contribution >= 0.6 is 0 Å². The summed E-state index contributed by atoms with van der Waals surface area (Å²) in [5.74, 6) is 0.325. The molecular formula is C28H55O2Si2Y-. The van der Waals surface area contributed by atoms with Crippen LogP contribution in [0.4, 0.5) is 0 Å². The van der Waals surface area contributed by atoms with Gasteiger partial charge in [0.25, 0.3) is 0 Å². The zero-order chi connectivity index (χ0) is 25.4. The molecule has 0 aliphatic rings. The van der Waals surface area contributed by atoms with Crippen molar-refractivity contribution in [2.24, 2.45) is 5.92 Å². The van der Waals surface area contributed by atoms with Crippen molar-refractivity contribution in [2.45, 2.75) is 131 Å². The number of allylic oxidation sites excluding steroid dienone is 4. The molecule has 5 heteroatoms. The molecule has 2 nitrogen and oxygen atoms in total. The number of hydrogen-bond donors (Lipinski definition) is 0. The minimum atomic E-state index is -1.87. The zero-order valence-electron chi connectivity index (χ0n) is 24.6. The van der Waals surface area contributed by atoms with E-state index in [1.165, 1.54) is 17.6 Å². The Morgan fingerprint density at radius 3 is 1.85 bits per heavy atom. The fraction of sp³-hybridized carbons (Fsp3) is 0.786. The van der Waals surface area contributed by atoms with Gasteiger partial charge in [-0.2, -0.15) is 6.08 Å². The predicted octanol–water partition coefficient (Wildman–Crippen LogP) is 9.47. The van der Waals surface area contributed by atoms with E-state index >= 15 is 0 Å². The van der Waals surface area contributed by atoms with Crippen LogP contribution < -0.4 is 0 Å². The summed E-state index contributed by atoms with van der Waals surface area (Å²) in [7, 11) is -3.50. The SMILES string of the molecule is C[C-]=C/C(C)=C\[C@H](C)[C@@H](/C=C(\C)CCCCO[Si](C)(C)C(C)(C)C)O[Si](C)(C)C(C)(C)C.[Y]. The van der Waals surface area contributed by atoms with Crippen LogP contribution in [0.5, 0.6) is 0 Å². The van der Waals surface area contributed by atoms with Crippen LogP contribution in [0.1, 0.15) is 88.5 Å². The quantitative estimate of drug-likeness (QED) is 0.0767. The topological polar surface area (TPSA) is 18.5 Å². The third kappa shape index (κ3) is 13.5. The van der Waals surface area contributed by atoms with E-state index in [0.29, 0.717) is 5.92 Å². The Labute approximate surface area is 235 Å². The average Bonchev–Trinajstić information content (AvgIpc) is 2.58. The van der Waals surface area contributed by atoms with Gasteiger partial charge < -0.3 is 8.85 Å². The molecule has 0 bridgehead atoms. The summed E-state index contributed by atoms with van der Waals surface area (Å²) in [6.45, 7) is 32.8. The minimum Gasteiger partial charge on any atom is -0.417 e. The molecule has 0 aromatic rings. The monoisotopic (exact) mass is 568 g/mol. The summed E-state index contributed by atoms with van der Waals surface area (Å²) in [5, 5.41) is 0.479. The number of hydrogen-bond acceptors (Lipinski definition) is 2. The van der Waals surface area contributed by atoms with Crippen LogP contribution in [0.3, 0.4) is 0 Å². The van der Waals surface area contributed by atoms with Gasteiger partial charge in [-0.15, -0.1) is 13.8 Å². The summed E-state index contributed by atoms with van der Waals surface area (Å²) >= 11 is 0. The maximum Gasteiger partial charge on any atom is 0.192 e. The maximum atomic E-state index is 6.89. The minimum absolute atomic E-state index is 0. The largest absolute Gasteiger partial charge is 0.417 e. The molecule has 0 N–H and O–H groups in total. The average molecular weight is 569 g/mol. The van der Waals surface area contributed by atoms with Gasteiger partial charge in [-0.05, 0) is 68.4 Å². The summed E-state index contributed by atoms with van der Waals surface area (Å²) < 4.78 is 13.2. The number of rotatable bonds is 12. The molecule has 0 spiro atoms. The van der Waals surface area contributed by atoms with Crippen molar-refractivity contribution in [1.82, 2.24) is 0 Å². The van der Waals surface area contributed by atoms with Crippen molar-refractivity contribution >= 4 is 16.6 Å². The first-order valence-corrected chi connectivity index (χ1v) is 18.3. The van der Waals surface area contributed by atoms with E-state index < -0.39 is 16.6 Å². The van der Waals surface area contributed by atoms with E-state index in [-0.39, 0.29) is 48.9 Å². The van der Waals surface area contributed by atoms with Crippen LogP contribution in [-0.4, -0.2) is 29.3 Å². The first-order valence-electron chi connectivity index (χ1n) is 12.5. The third-order valence-electron chi connectivity index (χ3n) is 7.34. The normalized spacial score (nSPS) is 16.7. The van der Waals surface area contributed by atoms with Crippen molar-refractivity contribution in [3.63, 3.8) is 0 Å². The Balaban J connectivity index is 0. The second kappa shape index (κ2) is 15.1. The summed E-state index contributed by atoms with van der Waals surface area (Å²) in [4.78, 5) is 0. The molecule has 0 fully saturated rings. The van der Waals surface area contributed by atoms with Gasteiger partial charge in [0.05, 0.1) is 6.10 Å². The standard InChI is InChI=1S/C28H55O2Si2.Y/c1-15-18-23(2)21-25(4)26(30-32(13,14)28(8,9)10)22-24(3)19-16-17-20-29-31(11,12)27(5,6)7;/h18,21-22,25-26H,16-17,19-20H2,1-14H3;/q-1;/b23-21-,24-22+;/t25-,26+;/m0./s1. The van der Waals surface area contributed by atoms with E-state index in [2.05, 4.69) is 113 Å². The Morgan fingerprint density at radius 1 is 0.879 bits per heavy atom. The smallest absolute Gasteiger partial charge is 0.192 e. The van der Waals surface area contributed by atoms with Gasteiger partial charge in [-0.25, -0.2) is 11.6 Å². The molecule has 0 aromatic carbocycles. The molecule has 0 rings (SSSR count). The maximum absolute atomic E-state index is 6.89. The van der Waals surface area contributed by atoms with Crippen LogP contribution in [0.25, 0.3) is 0 Å². The molecule has 191 valence electrons. The molecular weight excluding hydrogens is 513 g/mol. The van der Waals surface area contributed by atoms with Crippen LogP contribution in [0.15, 0.2) is 29.4 Å². The Kier molecular flexibility index (Phi) is 16.3. The van der Waals surface area contributed by atoms with Crippen molar-refractivity contribution < 1.29 is 41.6 Å². The van der Waals surface area contributed by atoms with E-state index in [0.717, 1.165) is 19.4 Å². The van der Waals surface area contributed by atoms with Crippen molar-refractivity contribution in [2.75, 3.05) is 6.61 Å². The second-order valence-corrected chi connectivity index (χ2v) is 22.2. The molecule has 0 aromatic heterocycles. The van der Waals surface area contributed by atoms with Gasteiger partial charge in [0.1, 0.15) is 0 Å². The Hall–Kier alpha value is 0.678. The van der Waals surface area contributed by atoms with Crippen molar-refractivity contribution in [1.29, 1.82) is 0 Å². The summed E-state index contributed by atoms with van der Waals surface area (Å²) in [6, 6.07) is 0. The van der Waals surface area contributed by atoms with E-state index in [9.17, 15) is 0 Å². The third-order valence-corrected chi connectivity index (χ3v) is 16.3. The van der Waals surface area contributed by atoms with Crippen molar-refractivity contribution in [3.05, 3.63) is 35.5 Å². The first-order chi connectivity index (χ1) is 14.3. The van der Waals surface area contributed by atoms with Gasteiger partial charge in [0, 0.05) is 39.3 Å². The van der Waals surface area contributed by atoms with Gasteiger partial charge in [-0.3, -0.25) is 6.08 Å². The second-order valence-electron chi connectivity index (χ2n) is 12.6. The summed E-state index contributed by atoms with van der Waals surface area (Å²) in [5.41, 5.74) is 2.68.